The first-order valence-electron chi connectivity index (χ1n) is 8.88. The van der Waals surface area contributed by atoms with Gasteiger partial charge in [0.1, 0.15) is 11.4 Å². The first kappa shape index (κ1) is 16.7. The van der Waals surface area contributed by atoms with Crippen LogP contribution < -0.4 is 10.1 Å². The van der Waals surface area contributed by atoms with Crippen molar-refractivity contribution in [1.29, 1.82) is 0 Å². The summed E-state index contributed by atoms with van der Waals surface area (Å²) < 4.78 is 13.1. The van der Waals surface area contributed by atoms with Crippen LogP contribution in [0.2, 0.25) is 0 Å². The maximum Gasteiger partial charge on any atom is 0.270 e. The van der Waals surface area contributed by atoms with Crippen LogP contribution >= 0.6 is 0 Å². The van der Waals surface area contributed by atoms with Gasteiger partial charge in [0, 0.05) is 36.6 Å². The molecular weight excluding hydrogens is 330 g/mol. The number of methoxy groups -OCH3 is 1. The van der Waals surface area contributed by atoms with Crippen LogP contribution in [0.4, 0.5) is 0 Å². The number of ether oxygens (including phenoxy) is 1. The number of hydrogen-bond donors (Lipinski definition) is 1. The van der Waals surface area contributed by atoms with Crippen LogP contribution in [0.3, 0.4) is 0 Å². The summed E-state index contributed by atoms with van der Waals surface area (Å²) in [6.07, 6.45) is 1.66. The number of piperazine rings is 1. The van der Waals surface area contributed by atoms with E-state index in [1.54, 1.807) is 13.4 Å². The second-order valence-electron chi connectivity index (χ2n) is 6.72. The topological polar surface area (TPSA) is 59.6 Å². The van der Waals surface area contributed by atoms with Gasteiger partial charge in [-0.2, -0.15) is 0 Å². The fourth-order valence-electron chi connectivity index (χ4n) is 3.59. The van der Waals surface area contributed by atoms with Crippen LogP contribution in [0.25, 0.3) is 11.1 Å². The highest BCUT2D eigenvalue weighted by Crippen LogP contribution is 2.26. The molecule has 1 saturated heterocycles. The molecule has 4 rings (SSSR count). The number of benzene rings is 1. The summed E-state index contributed by atoms with van der Waals surface area (Å²) >= 11 is 0. The lowest BCUT2D eigenvalue weighted by atomic mass is 10.2. The minimum Gasteiger partial charge on any atom is -0.496 e. The monoisotopic (exact) mass is 353 g/mol. The standard InChI is InChI=1S/C20H23N3O3/c1-14-12-22(9-8-21-14)19(24)17-11-15-7-10-26-20(15)23(17)13-16-5-3-4-6-18(16)25-2/h3-7,10-11,14,21H,8-9,12-13H2,1-2H3/t14-/m0/s1. The number of furan rings is 1. The number of amides is 1. The van der Waals surface area contributed by atoms with Crippen molar-refractivity contribution in [3.05, 3.63) is 53.9 Å². The Morgan fingerprint density at radius 3 is 3.00 bits per heavy atom. The SMILES string of the molecule is COc1ccccc1Cn1c(C(=O)N2CCN[C@@H](C)C2)cc2ccoc21. The highest BCUT2D eigenvalue weighted by molar-refractivity contribution is 5.97. The third-order valence-electron chi connectivity index (χ3n) is 4.90. The summed E-state index contributed by atoms with van der Waals surface area (Å²) in [5.41, 5.74) is 2.37. The lowest BCUT2D eigenvalue weighted by molar-refractivity contribution is 0.0698. The number of rotatable bonds is 4. The van der Waals surface area contributed by atoms with E-state index in [9.17, 15) is 4.79 Å². The average Bonchev–Trinajstić information content (AvgIpc) is 3.24. The lowest BCUT2D eigenvalue weighted by Crippen LogP contribution is -2.51. The summed E-state index contributed by atoms with van der Waals surface area (Å²) in [5, 5.41) is 4.31. The highest BCUT2D eigenvalue weighted by atomic mass is 16.5. The molecule has 0 bridgehead atoms. The summed E-state index contributed by atoms with van der Waals surface area (Å²) in [6, 6.07) is 12.0. The van der Waals surface area contributed by atoms with Gasteiger partial charge in [0.25, 0.3) is 5.91 Å². The molecule has 3 aromatic rings. The van der Waals surface area contributed by atoms with E-state index < -0.39 is 0 Å². The van der Waals surface area contributed by atoms with Gasteiger partial charge in [-0.05, 0) is 25.1 Å². The summed E-state index contributed by atoms with van der Waals surface area (Å²) in [6.45, 7) is 4.85. The zero-order chi connectivity index (χ0) is 18.1. The van der Waals surface area contributed by atoms with Crippen molar-refractivity contribution >= 4 is 17.0 Å². The molecule has 6 heteroatoms. The van der Waals surface area contributed by atoms with Crippen molar-refractivity contribution in [3.63, 3.8) is 0 Å². The van der Waals surface area contributed by atoms with Crippen LogP contribution in [0, 0.1) is 0 Å². The first-order valence-corrected chi connectivity index (χ1v) is 8.88. The fourth-order valence-corrected chi connectivity index (χ4v) is 3.59. The minimum atomic E-state index is 0.0413. The molecule has 0 radical (unpaired) electrons. The van der Waals surface area contributed by atoms with Crippen molar-refractivity contribution < 1.29 is 13.9 Å². The number of nitrogens with one attached hydrogen (secondary N) is 1. The molecule has 1 N–H and O–H groups in total. The number of carbonyl (C=O) groups excluding carboxylic acids is 1. The number of nitrogens with zero attached hydrogens (tertiary/aromatic N) is 2. The smallest absolute Gasteiger partial charge is 0.270 e. The van der Waals surface area contributed by atoms with E-state index in [4.69, 9.17) is 9.15 Å². The van der Waals surface area contributed by atoms with Crippen molar-refractivity contribution in [1.82, 2.24) is 14.8 Å². The maximum atomic E-state index is 13.2. The predicted molar refractivity (Wildman–Crippen MR) is 99.7 cm³/mol. The number of para-hydroxylation sites is 1. The van der Waals surface area contributed by atoms with Crippen molar-refractivity contribution in [2.75, 3.05) is 26.7 Å². The van der Waals surface area contributed by atoms with Gasteiger partial charge in [0.2, 0.25) is 5.71 Å². The molecule has 0 unspecified atom stereocenters. The van der Waals surface area contributed by atoms with Gasteiger partial charge in [-0.25, -0.2) is 0 Å². The van der Waals surface area contributed by atoms with Crippen LogP contribution in [0.5, 0.6) is 5.75 Å². The summed E-state index contributed by atoms with van der Waals surface area (Å²) in [7, 11) is 1.66. The van der Waals surface area contributed by atoms with E-state index in [1.807, 2.05) is 45.9 Å². The molecular formula is C20H23N3O3. The Morgan fingerprint density at radius 2 is 2.19 bits per heavy atom. The van der Waals surface area contributed by atoms with Gasteiger partial charge in [-0.1, -0.05) is 18.2 Å². The lowest BCUT2D eigenvalue weighted by Gasteiger charge is -2.32. The summed E-state index contributed by atoms with van der Waals surface area (Å²) in [4.78, 5) is 15.1. The Hall–Kier alpha value is -2.73. The Bertz CT molecular complexity index is 927. The number of hydrogen-bond acceptors (Lipinski definition) is 4. The molecule has 2 aromatic heterocycles. The molecule has 1 amide bonds. The quantitative estimate of drug-likeness (QED) is 0.783. The minimum absolute atomic E-state index is 0.0413. The second-order valence-corrected chi connectivity index (χ2v) is 6.72. The molecule has 0 aliphatic carbocycles. The number of fused-ring (bicyclic) bond motifs is 1. The van der Waals surface area contributed by atoms with Crippen LogP contribution in [-0.2, 0) is 6.54 Å². The van der Waals surface area contributed by atoms with E-state index in [-0.39, 0.29) is 5.91 Å². The average molecular weight is 353 g/mol. The first-order chi connectivity index (χ1) is 12.7. The Labute approximate surface area is 152 Å². The Balaban J connectivity index is 1.72. The second kappa shape index (κ2) is 6.88. The molecule has 1 aliphatic heterocycles. The third kappa shape index (κ3) is 2.97. The van der Waals surface area contributed by atoms with Gasteiger partial charge in [0.15, 0.2) is 0 Å². The van der Waals surface area contributed by atoms with Gasteiger partial charge >= 0.3 is 0 Å². The molecule has 3 heterocycles. The number of carbonyl (C=O) groups is 1. The van der Waals surface area contributed by atoms with Gasteiger partial charge in [-0.15, -0.1) is 0 Å². The molecule has 1 atom stereocenters. The van der Waals surface area contributed by atoms with Crippen LogP contribution in [0.15, 0.2) is 47.1 Å². The third-order valence-corrected chi connectivity index (χ3v) is 4.90. The van der Waals surface area contributed by atoms with Crippen molar-refractivity contribution in [3.8, 4) is 5.75 Å². The fraction of sp³-hybridized carbons (Fsp3) is 0.350. The molecule has 6 nitrogen and oxygen atoms in total. The molecule has 0 saturated carbocycles. The number of aromatic nitrogens is 1. The molecule has 136 valence electrons. The largest absolute Gasteiger partial charge is 0.496 e. The van der Waals surface area contributed by atoms with E-state index in [2.05, 4.69) is 12.2 Å². The summed E-state index contributed by atoms with van der Waals surface area (Å²) in [5.74, 6) is 0.842. The van der Waals surface area contributed by atoms with Crippen LogP contribution in [0.1, 0.15) is 23.0 Å². The normalized spacial score (nSPS) is 17.6. The molecule has 1 fully saturated rings. The van der Waals surface area contributed by atoms with Crippen molar-refractivity contribution in [2.45, 2.75) is 19.5 Å². The molecule has 1 aliphatic rings. The van der Waals surface area contributed by atoms with Crippen LogP contribution in [-0.4, -0.2) is 48.2 Å². The Kier molecular flexibility index (Phi) is 4.42. The van der Waals surface area contributed by atoms with E-state index in [1.165, 1.54) is 0 Å². The van der Waals surface area contributed by atoms with Gasteiger partial charge < -0.3 is 23.9 Å². The molecule has 26 heavy (non-hydrogen) atoms. The molecule has 0 spiro atoms. The predicted octanol–water partition coefficient (Wildman–Crippen LogP) is 2.73. The van der Waals surface area contributed by atoms with Gasteiger partial charge in [0.05, 0.1) is 19.9 Å². The van der Waals surface area contributed by atoms with E-state index >= 15 is 0 Å². The highest BCUT2D eigenvalue weighted by Gasteiger charge is 2.26. The van der Waals surface area contributed by atoms with E-state index in [0.29, 0.717) is 37.1 Å². The van der Waals surface area contributed by atoms with Crippen molar-refractivity contribution in [2.24, 2.45) is 0 Å². The zero-order valence-electron chi connectivity index (χ0n) is 15.1. The van der Waals surface area contributed by atoms with E-state index in [0.717, 1.165) is 23.2 Å². The Morgan fingerprint density at radius 1 is 1.35 bits per heavy atom. The maximum absolute atomic E-state index is 13.2. The van der Waals surface area contributed by atoms with Gasteiger partial charge in [-0.3, -0.25) is 4.79 Å². The molecule has 1 aromatic carbocycles. The zero-order valence-corrected chi connectivity index (χ0v) is 15.1.